The Morgan fingerprint density at radius 2 is 1.74 bits per heavy atom. The maximum atomic E-state index is 13.8. The topological polar surface area (TPSA) is 64.4 Å². The van der Waals surface area contributed by atoms with Gasteiger partial charge in [0.05, 0.1) is 29.7 Å². The molecule has 0 saturated carbocycles. The summed E-state index contributed by atoms with van der Waals surface area (Å²) in [6.07, 6.45) is 3.77. The van der Waals surface area contributed by atoms with E-state index in [0.29, 0.717) is 34.7 Å². The molecule has 0 radical (unpaired) electrons. The minimum Gasteiger partial charge on any atom is -0.497 e. The third-order valence-electron chi connectivity index (χ3n) is 6.57. The highest BCUT2D eigenvalue weighted by molar-refractivity contribution is 5.80. The summed E-state index contributed by atoms with van der Waals surface area (Å²) in [5.74, 6) is 1.68. The molecule has 1 amide bonds. The van der Waals surface area contributed by atoms with E-state index >= 15 is 0 Å². The molecule has 188 valence electrons. The molecule has 6 nitrogen and oxygen atoms in total. The second-order valence-corrected chi connectivity index (χ2v) is 9.63. The van der Waals surface area contributed by atoms with E-state index in [4.69, 9.17) is 9.72 Å². The largest absolute Gasteiger partial charge is 0.497 e. The van der Waals surface area contributed by atoms with Gasteiger partial charge in [-0.3, -0.25) is 14.2 Å². The Labute approximate surface area is 208 Å². The third kappa shape index (κ3) is 5.92. The van der Waals surface area contributed by atoms with E-state index in [9.17, 15) is 9.59 Å². The van der Waals surface area contributed by atoms with E-state index in [0.717, 1.165) is 25.7 Å². The van der Waals surface area contributed by atoms with Gasteiger partial charge in [0.2, 0.25) is 5.91 Å². The van der Waals surface area contributed by atoms with E-state index in [1.807, 2.05) is 54.3 Å². The molecule has 3 aromatic rings. The Bertz CT molecular complexity index is 1180. The molecular formula is C29H39N3O3. The van der Waals surface area contributed by atoms with Crippen molar-refractivity contribution >= 4 is 16.8 Å². The van der Waals surface area contributed by atoms with Crippen LogP contribution in [0.15, 0.2) is 53.3 Å². The van der Waals surface area contributed by atoms with Gasteiger partial charge in [-0.05, 0) is 62.1 Å². The van der Waals surface area contributed by atoms with Gasteiger partial charge in [-0.25, -0.2) is 4.98 Å². The molecule has 6 heteroatoms. The lowest BCUT2D eigenvalue weighted by Gasteiger charge is -2.34. The van der Waals surface area contributed by atoms with Gasteiger partial charge in [0, 0.05) is 12.5 Å². The number of rotatable bonds is 11. The van der Waals surface area contributed by atoms with E-state index in [-0.39, 0.29) is 29.3 Å². The number of ether oxygens (including phenoxy) is 1. The summed E-state index contributed by atoms with van der Waals surface area (Å²) in [5, 5.41) is 0.551. The van der Waals surface area contributed by atoms with Gasteiger partial charge in [-0.1, -0.05) is 52.7 Å². The number of nitrogens with zero attached hydrogens (tertiary/aromatic N) is 3. The van der Waals surface area contributed by atoms with Crippen LogP contribution in [0.3, 0.4) is 0 Å². The number of para-hydroxylation sites is 1. The van der Waals surface area contributed by atoms with E-state index in [1.165, 1.54) is 0 Å². The number of benzene rings is 2. The SMILES string of the molecule is CCCCC(CC)C(=O)N(CC(C)C)C(C)c1nc2ccccc2c(=O)n1-c1ccc(OC)cc1. The second-order valence-electron chi connectivity index (χ2n) is 9.63. The molecule has 0 aliphatic rings. The summed E-state index contributed by atoms with van der Waals surface area (Å²) >= 11 is 0. The molecule has 0 spiro atoms. The summed E-state index contributed by atoms with van der Waals surface area (Å²) in [4.78, 5) is 34.4. The number of carbonyl (C=O) groups excluding carboxylic acids is 1. The van der Waals surface area contributed by atoms with Gasteiger partial charge in [0.15, 0.2) is 0 Å². The van der Waals surface area contributed by atoms with Gasteiger partial charge in [0.25, 0.3) is 5.56 Å². The molecular weight excluding hydrogens is 438 g/mol. The van der Waals surface area contributed by atoms with Crippen molar-refractivity contribution in [2.45, 2.75) is 66.3 Å². The van der Waals surface area contributed by atoms with Crippen molar-refractivity contribution in [3.63, 3.8) is 0 Å². The van der Waals surface area contributed by atoms with Crippen LogP contribution < -0.4 is 10.3 Å². The van der Waals surface area contributed by atoms with Crippen LogP contribution in [-0.2, 0) is 4.79 Å². The maximum Gasteiger partial charge on any atom is 0.266 e. The first-order valence-electron chi connectivity index (χ1n) is 12.8. The van der Waals surface area contributed by atoms with Crippen molar-refractivity contribution in [1.29, 1.82) is 0 Å². The predicted molar refractivity (Wildman–Crippen MR) is 142 cm³/mol. The zero-order valence-electron chi connectivity index (χ0n) is 22.0. The number of hydrogen-bond acceptors (Lipinski definition) is 4. The first-order chi connectivity index (χ1) is 16.8. The quantitative estimate of drug-likeness (QED) is 0.332. The van der Waals surface area contributed by atoms with Gasteiger partial charge in [0.1, 0.15) is 11.6 Å². The summed E-state index contributed by atoms with van der Waals surface area (Å²) in [6, 6.07) is 14.4. The molecule has 3 rings (SSSR count). The number of hydrogen-bond donors (Lipinski definition) is 0. The molecule has 0 fully saturated rings. The molecule has 0 aliphatic carbocycles. The number of aromatic nitrogens is 2. The van der Waals surface area contributed by atoms with Crippen LogP contribution in [0.25, 0.3) is 16.6 Å². The molecule has 2 atom stereocenters. The Hall–Kier alpha value is -3.15. The van der Waals surface area contributed by atoms with Crippen LogP contribution in [0.2, 0.25) is 0 Å². The Kier molecular flexibility index (Phi) is 9.07. The zero-order chi connectivity index (χ0) is 25.5. The minimum absolute atomic E-state index is 0.0298. The average Bonchev–Trinajstić information content (AvgIpc) is 2.87. The smallest absolute Gasteiger partial charge is 0.266 e. The number of unbranched alkanes of at least 4 members (excludes halogenated alkanes) is 1. The van der Waals surface area contributed by atoms with Crippen molar-refractivity contribution in [3.05, 3.63) is 64.7 Å². The monoisotopic (exact) mass is 477 g/mol. The van der Waals surface area contributed by atoms with Crippen LogP contribution in [-0.4, -0.2) is 34.0 Å². The minimum atomic E-state index is -0.375. The second kappa shape index (κ2) is 12.0. The predicted octanol–water partition coefficient (Wildman–Crippen LogP) is 6.16. The van der Waals surface area contributed by atoms with Crippen molar-refractivity contribution in [3.8, 4) is 11.4 Å². The summed E-state index contributed by atoms with van der Waals surface area (Å²) in [5.41, 5.74) is 1.20. The van der Waals surface area contributed by atoms with Crippen LogP contribution >= 0.6 is 0 Å². The first-order valence-corrected chi connectivity index (χ1v) is 12.8. The van der Waals surface area contributed by atoms with Crippen LogP contribution in [0, 0.1) is 11.8 Å². The van der Waals surface area contributed by atoms with Crippen molar-refractivity contribution in [2.24, 2.45) is 11.8 Å². The number of methoxy groups -OCH3 is 1. The zero-order valence-corrected chi connectivity index (χ0v) is 22.0. The third-order valence-corrected chi connectivity index (χ3v) is 6.57. The summed E-state index contributed by atoms with van der Waals surface area (Å²) < 4.78 is 6.96. The van der Waals surface area contributed by atoms with Crippen molar-refractivity contribution in [1.82, 2.24) is 14.5 Å². The standard InChI is InChI=1S/C29H39N3O3/c1-7-9-12-22(8-2)28(33)31(19-20(3)4)21(5)27-30-26-14-11-10-13-25(26)29(34)32(27)23-15-17-24(35-6)18-16-23/h10-11,13-18,20-22H,7-9,12,19H2,1-6H3. The Morgan fingerprint density at radius 1 is 1.06 bits per heavy atom. The molecule has 0 bridgehead atoms. The number of amides is 1. The lowest BCUT2D eigenvalue weighted by molar-refractivity contribution is -0.139. The molecule has 2 aromatic carbocycles. The lowest BCUT2D eigenvalue weighted by Crippen LogP contribution is -2.42. The molecule has 2 unspecified atom stereocenters. The van der Waals surface area contributed by atoms with Crippen molar-refractivity contribution < 1.29 is 9.53 Å². The summed E-state index contributed by atoms with van der Waals surface area (Å²) in [6.45, 7) is 11.1. The highest BCUT2D eigenvalue weighted by atomic mass is 16.5. The van der Waals surface area contributed by atoms with Gasteiger partial charge < -0.3 is 9.64 Å². The highest BCUT2D eigenvalue weighted by Gasteiger charge is 2.31. The van der Waals surface area contributed by atoms with E-state index in [1.54, 1.807) is 17.7 Å². The van der Waals surface area contributed by atoms with Gasteiger partial charge in [-0.2, -0.15) is 0 Å². The fourth-order valence-corrected chi connectivity index (χ4v) is 4.57. The van der Waals surface area contributed by atoms with E-state index in [2.05, 4.69) is 27.7 Å². The molecule has 0 N–H and O–H groups in total. The molecule has 35 heavy (non-hydrogen) atoms. The number of fused-ring (bicyclic) bond motifs is 1. The fraction of sp³-hybridized carbons (Fsp3) is 0.483. The lowest BCUT2D eigenvalue weighted by atomic mass is 9.96. The van der Waals surface area contributed by atoms with Crippen LogP contribution in [0.5, 0.6) is 5.75 Å². The van der Waals surface area contributed by atoms with Gasteiger partial charge in [-0.15, -0.1) is 0 Å². The molecule has 1 heterocycles. The molecule has 1 aromatic heterocycles. The van der Waals surface area contributed by atoms with Gasteiger partial charge >= 0.3 is 0 Å². The fourth-order valence-electron chi connectivity index (χ4n) is 4.57. The molecule has 0 saturated heterocycles. The van der Waals surface area contributed by atoms with Crippen LogP contribution in [0.1, 0.15) is 72.2 Å². The Morgan fingerprint density at radius 3 is 2.34 bits per heavy atom. The summed E-state index contributed by atoms with van der Waals surface area (Å²) in [7, 11) is 1.62. The number of carbonyl (C=O) groups is 1. The van der Waals surface area contributed by atoms with E-state index < -0.39 is 0 Å². The first kappa shape index (κ1) is 26.5. The maximum absolute atomic E-state index is 13.8. The molecule has 0 aliphatic heterocycles. The van der Waals surface area contributed by atoms with Crippen LogP contribution in [0.4, 0.5) is 0 Å². The average molecular weight is 478 g/mol. The normalized spacial score (nSPS) is 13.1. The van der Waals surface area contributed by atoms with Crippen molar-refractivity contribution in [2.75, 3.05) is 13.7 Å². The Balaban J connectivity index is 2.18. The highest BCUT2D eigenvalue weighted by Crippen LogP contribution is 2.28.